The molecule has 0 saturated carbocycles. The third kappa shape index (κ3) is 5.79. The molecule has 44 heavy (non-hydrogen) atoms. The third-order valence-corrected chi connectivity index (χ3v) is 8.91. The Bertz CT molecular complexity index is 1800. The van der Waals surface area contributed by atoms with E-state index in [2.05, 4.69) is 52.7 Å². The molecule has 2 aliphatic rings. The zero-order valence-electron chi connectivity index (χ0n) is 25.2. The second-order valence-electron chi connectivity index (χ2n) is 12.2. The van der Waals surface area contributed by atoms with Crippen LogP contribution in [0.4, 0.5) is 0 Å². The number of piperidine rings is 1. The molecule has 5 aromatic rings. The first-order chi connectivity index (χ1) is 21.4. The molecular formula is C34H38N6O4. The molecule has 2 aliphatic heterocycles. The largest absolute Gasteiger partial charge is 0.478 e. The topological polar surface area (TPSA) is 108 Å². The molecule has 1 unspecified atom stereocenters. The number of benzene rings is 2. The van der Waals surface area contributed by atoms with E-state index in [1.54, 1.807) is 12.1 Å². The van der Waals surface area contributed by atoms with Crippen LogP contribution in [0.1, 0.15) is 72.5 Å². The fourth-order valence-electron chi connectivity index (χ4n) is 6.33. The van der Waals surface area contributed by atoms with Gasteiger partial charge in [-0.1, -0.05) is 18.2 Å². The van der Waals surface area contributed by atoms with Gasteiger partial charge in [0.1, 0.15) is 12.4 Å². The van der Waals surface area contributed by atoms with Crippen molar-refractivity contribution in [3.8, 4) is 5.88 Å². The van der Waals surface area contributed by atoms with Gasteiger partial charge in [-0.05, 0) is 82.1 Å². The number of carboxylic acid groups (broad SMARTS) is 1. The molecule has 0 spiro atoms. The molecule has 0 radical (unpaired) electrons. The number of hydrogen-bond donors (Lipinski definition) is 1. The van der Waals surface area contributed by atoms with Crippen molar-refractivity contribution in [1.29, 1.82) is 0 Å². The van der Waals surface area contributed by atoms with Gasteiger partial charge >= 0.3 is 5.97 Å². The Kier molecular flexibility index (Phi) is 7.78. The normalized spacial score (nSPS) is 17.8. The lowest BCUT2D eigenvalue weighted by atomic mass is 9.93. The minimum atomic E-state index is -0.928. The Labute approximate surface area is 256 Å². The number of rotatable bonds is 10. The Morgan fingerprint density at radius 2 is 1.89 bits per heavy atom. The van der Waals surface area contributed by atoms with Gasteiger partial charge in [0, 0.05) is 35.7 Å². The molecule has 228 valence electrons. The maximum atomic E-state index is 11.6. The Hall–Kier alpha value is -4.28. The van der Waals surface area contributed by atoms with Gasteiger partial charge in [0.2, 0.25) is 5.88 Å². The Balaban J connectivity index is 0.997. The summed E-state index contributed by atoms with van der Waals surface area (Å²) in [6, 6.07) is 17.9. The number of carbonyl (C=O) groups is 1. The van der Waals surface area contributed by atoms with E-state index in [9.17, 15) is 9.90 Å². The van der Waals surface area contributed by atoms with Crippen LogP contribution in [0.2, 0.25) is 0 Å². The SMILES string of the molecule is CC(C)n1ncc2ccc(COc3cccc(C4CCN(Cc5nc6ccc(C(=O)O)cc6n5CC5CCO5)CC4)n3)cc21. The first-order valence-corrected chi connectivity index (χ1v) is 15.5. The van der Waals surface area contributed by atoms with Crippen molar-refractivity contribution >= 4 is 27.9 Å². The maximum absolute atomic E-state index is 11.6. The summed E-state index contributed by atoms with van der Waals surface area (Å²) in [5.41, 5.74) is 5.24. The maximum Gasteiger partial charge on any atom is 0.335 e. The van der Waals surface area contributed by atoms with Crippen LogP contribution in [0.3, 0.4) is 0 Å². The van der Waals surface area contributed by atoms with Crippen LogP contribution in [-0.2, 0) is 24.4 Å². The molecule has 1 N–H and O–H groups in total. The van der Waals surface area contributed by atoms with Crippen LogP contribution in [0.5, 0.6) is 5.88 Å². The van der Waals surface area contributed by atoms with E-state index in [0.29, 0.717) is 37.5 Å². The zero-order valence-corrected chi connectivity index (χ0v) is 25.2. The number of nitrogens with zero attached hydrogens (tertiary/aromatic N) is 6. The van der Waals surface area contributed by atoms with Crippen LogP contribution < -0.4 is 4.74 Å². The summed E-state index contributed by atoms with van der Waals surface area (Å²) in [5, 5.41) is 15.2. The van der Waals surface area contributed by atoms with Gasteiger partial charge in [0.25, 0.3) is 0 Å². The lowest BCUT2D eigenvalue weighted by Crippen LogP contribution is -2.35. The monoisotopic (exact) mass is 594 g/mol. The quantitative estimate of drug-likeness (QED) is 0.216. The predicted octanol–water partition coefficient (Wildman–Crippen LogP) is 5.81. The van der Waals surface area contributed by atoms with Crippen molar-refractivity contribution < 1.29 is 19.4 Å². The third-order valence-electron chi connectivity index (χ3n) is 8.91. The molecule has 5 heterocycles. The smallest absolute Gasteiger partial charge is 0.335 e. The highest BCUT2D eigenvalue weighted by atomic mass is 16.5. The molecule has 10 nitrogen and oxygen atoms in total. The number of pyridine rings is 1. The molecule has 7 rings (SSSR count). The van der Waals surface area contributed by atoms with Crippen molar-refractivity contribution in [1.82, 2.24) is 29.2 Å². The zero-order chi connectivity index (χ0) is 30.2. The molecule has 0 aliphatic carbocycles. The highest BCUT2D eigenvalue weighted by Crippen LogP contribution is 2.30. The first kappa shape index (κ1) is 28.5. The van der Waals surface area contributed by atoms with Gasteiger partial charge in [0.05, 0.1) is 47.5 Å². The minimum absolute atomic E-state index is 0.150. The second-order valence-corrected chi connectivity index (χ2v) is 12.2. The van der Waals surface area contributed by atoms with E-state index in [-0.39, 0.29) is 11.7 Å². The van der Waals surface area contributed by atoms with Gasteiger partial charge in [-0.15, -0.1) is 0 Å². The number of aromatic carboxylic acids is 1. The van der Waals surface area contributed by atoms with E-state index < -0.39 is 5.97 Å². The molecule has 3 aromatic heterocycles. The average Bonchev–Trinajstić information content (AvgIpc) is 3.59. The van der Waals surface area contributed by atoms with Crippen molar-refractivity contribution in [2.75, 3.05) is 19.7 Å². The van der Waals surface area contributed by atoms with E-state index >= 15 is 0 Å². The van der Waals surface area contributed by atoms with Crippen molar-refractivity contribution in [3.63, 3.8) is 0 Å². The number of imidazole rings is 1. The molecule has 0 bridgehead atoms. The first-order valence-electron chi connectivity index (χ1n) is 15.5. The molecule has 1 atom stereocenters. The van der Waals surface area contributed by atoms with Crippen LogP contribution in [0.25, 0.3) is 21.9 Å². The summed E-state index contributed by atoms with van der Waals surface area (Å²) >= 11 is 0. The summed E-state index contributed by atoms with van der Waals surface area (Å²) in [6.07, 6.45) is 5.08. The average molecular weight is 595 g/mol. The van der Waals surface area contributed by atoms with Gasteiger partial charge in [0.15, 0.2) is 0 Å². The van der Waals surface area contributed by atoms with Gasteiger partial charge in [-0.3, -0.25) is 9.58 Å². The molecule has 2 aromatic carbocycles. The van der Waals surface area contributed by atoms with Crippen LogP contribution in [0, 0.1) is 0 Å². The van der Waals surface area contributed by atoms with Gasteiger partial charge in [-0.2, -0.15) is 5.10 Å². The summed E-state index contributed by atoms with van der Waals surface area (Å²) in [4.78, 5) is 23.9. The Morgan fingerprint density at radius 3 is 2.64 bits per heavy atom. The number of likely N-dealkylation sites (tertiary alicyclic amines) is 1. The van der Waals surface area contributed by atoms with Crippen LogP contribution in [0.15, 0.2) is 60.8 Å². The fourth-order valence-corrected chi connectivity index (χ4v) is 6.33. The lowest BCUT2D eigenvalue weighted by molar-refractivity contribution is -0.0592. The van der Waals surface area contributed by atoms with Crippen molar-refractivity contribution in [2.24, 2.45) is 0 Å². The number of carboxylic acids is 1. The summed E-state index contributed by atoms with van der Waals surface area (Å²) < 4.78 is 16.1. The number of fused-ring (bicyclic) bond motifs is 2. The van der Waals surface area contributed by atoms with E-state index in [0.717, 1.165) is 78.0 Å². The van der Waals surface area contributed by atoms with Crippen molar-refractivity contribution in [2.45, 2.75) is 70.9 Å². The summed E-state index contributed by atoms with van der Waals surface area (Å²) in [7, 11) is 0. The molecule has 2 fully saturated rings. The lowest BCUT2D eigenvalue weighted by Gasteiger charge is -2.32. The van der Waals surface area contributed by atoms with E-state index in [1.165, 1.54) is 0 Å². The second kappa shape index (κ2) is 12.0. The van der Waals surface area contributed by atoms with Crippen molar-refractivity contribution in [3.05, 3.63) is 83.4 Å². The minimum Gasteiger partial charge on any atom is -0.478 e. The number of hydrogen-bond acceptors (Lipinski definition) is 7. The predicted molar refractivity (Wildman–Crippen MR) is 167 cm³/mol. The standard InChI is InChI=1S/C34H38N6O4/c1-22(2)40-30-16-23(6-7-26(30)18-35-40)21-44-33-5-3-4-28(37-33)24-10-13-38(14-11-24)20-32-36-29-9-8-25(34(41)42)17-31(29)39(32)19-27-12-15-43-27/h3-9,16-18,22,24,27H,10-15,19-21H2,1-2H3,(H,41,42). The van der Waals surface area contributed by atoms with E-state index in [4.69, 9.17) is 19.4 Å². The van der Waals surface area contributed by atoms with Gasteiger partial charge < -0.3 is 19.1 Å². The summed E-state index contributed by atoms with van der Waals surface area (Å²) in [5.74, 6) is 1.05. The molecule has 10 heteroatoms. The van der Waals surface area contributed by atoms with Crippen LogP contribution in [-0.4, -0.2) is 66.1 Å². The van der Waals surface area contributed by atoms with Gasteiger partial charge in [-0.25, -0.2) is 14.8 Å². The molecule has 2 saturated heterocycles. The summed E-state index contributed by atoms with van der Waals surface area (Å²) in [6.45, 7) is 8.78. The molecular weight excluding hydrogens is 556 g/mol. The fraction of sp³-hybridized carbons (Fsp3) is 0.412. The van der Waals surface area contributed by atoms with E-state index in [1.807, 2.05) is 29.1 Å². The Morgan fingerprint density at radius 1 is 1.05 bits per heavy atom. The number of aromatic nitrogens is 5. The molecule has 0 amide bonds. The number of ether oxygens (including phenoxy) is 2. The highest BCUT2D eigenvalue weighted by Gasteiger charge is 2.26. The van der Waals surface area contributed by atoms with Crippen LogP contribution >= 0.6 is 0 Å². The highest BCUT2D eigenvalue weighted by molar-refractivity contribution is 5.92.